The lowest BCUT2D eigenvalue weighted by Gasteiger charge is -2.05. The molecule has 0 radical (unpaired) electrons. The summed E-state index contributed by atoms with van der Waals surface area (Å²) >= 11 is 0.990. The van der Waals surface area contributed by atoms with Gasteiger partial charge in [0.05, 0.1) is 19.3 Å². The molecule has 0 spiro atoms. The predicted octanol–water partition coefficient (Wildman–Crippen LogP) is -0.579. The molecule has 0 atom stereocenters. The van der Waals surface area contributed by atoms with Crippen molar-refractivity contribution in [2.75, 3.05) is 19.4 Å². The smallest absolute Gasteiger partial charge is 0.306 e. The van der Waals surface area contributed by atoms with Crippen LogP contribution >= 0.6 is 11.3 Å². The van der Waals surface area contributed by atoms with Crippen LogP contribution in [0, 0.1) is 0 Å². The molecule has 0 fully saturated rings. The molecule has 11 heteroatoms. The normalized spacial score (nSPS) is 12.3. The number of carbonyl (C=O) groups is 1. The molecular formula is C10H16N2O6S3. The fourth-order valence-electron chi connectivity index (χ4n) is 1.37. The number of hydrogen-bond donors (Lipinski definition) is 2. The maximum Gasteiger partial charge on any atom is 0.306 e. The topological polar surface area (TPSA) is 133 Å². The summed E-state index contributed by atoms with van der Waals surface area (Å²) in [6, 6.07) is 2.95. The van der Waals surface area contributed by atoms with Gasteiger partial charge in [-0.15, -0.1) is 11.3 Å². The summed E-state index contributed by atoms with van der Waals surface area (Å²) in [5, 5.41) is 4.98. The first kappa shape index (κ1) is 18.0. The summed E-state index contributed by atoms with van der Waals surface area (Å²) in [4.78, 5) is 11.6. The minimum absolute atomic E-state index is 0.0334. The van der Waals surface area contributed by atoms with Crippen LogP contribution in [-0.4, -0.2) is 42.2 Å². The Bertz CT molecular complexity index is 692. The largest absolute Gasteiger partial charge is 0.469 e. The lowest BCUT2D eigenvalue weighted by atomic mass is 10.3. The van der Waals surface area contributed by atoms with Crippen molar-refractivity contribution in [3.63, 3.8) is 0 Å². The van der Waals surface area contributed by atoms with Gasteiger partial charge < -0.3 is 4.74 Å². The highest BCUT2D eigenvalue weighted by atomic mass is 32.2. The van der Waals surface area contributed by atoms with Crippen molar-refractivity contribution < 1.29 is 26.4 Å². The quantitative estimate of drug-likeness (QED) is 0.599. The summed E-state index contributed by atoms with van der Waals surface area (Å²) in [7, 11) is -6.11. The van der Waals surface area contributed by atoms with Gasteiger partial charge in [-0.2, -0.15) is 0 Å². The van der Waals surface area contributed by atoms with Crippen LogP contribution in [0.1, 0.15) is 11.3 Å². The van der Waals surface area contributed by atoms with E-state index in [0.717, 1.165) is 11.3 Å². The van der Waals surface area contributed by atoms with E-state index < -0.39 is 26.0 Å². The second kappa shape index (κ2) is 7.31. The number of nitrogens with two attached hydrogens (primary N) is 1. The van der Waals surface area contributed by atoms with Gasteiger partial charge in [0.1, 0.15) is 4.21 Å². The highest BCUT2D eigenvalue weighted by molar-refractivity contribution is 7.91. The van der Waals surface area contributed by atoms with E-state index >= 15 is 0 Å². The Morgan fingerprint density at radius 2 is 2.00 bits per heavy atom. The SMILES string of the molecule is COC(=O)CCS(=O)(=O)NCCc1ccc(S(N)(=O)=O)s1. The van der Waals surface area contributed by atoms with Crippen molar-refractivity contribution in [1.29, 1.82) is 0 Å². The molecular weight excluding hydrogens is 340 g/mol. The molecule has 3 N–H and O–H groups in total. The van der Waals surface area contributed by atoms with E-state index in [1.807, 2.05) is 0 Å². The average Bonchev–Trinajstić information content (AvgIpc) is 2.84. The third-order valence-corrected chi connectivity index (χ3v) is 6.38. The number of hydrogen-bond acceptors (Lipinski definition) is 7. The monoisotopic (exact) mass is 356 g/mol. The molecule has 0 amide bonds. The predicted molar refractivity (Wildman–Crippen MR) is 77.8 cm³/mol. The minimum Gasteiger partial charge on any atom is -0.469 e. The third kappa shape index (κ3) is 6.52. The van der Waals surface area contributed by atoms with E-state index in [4.69, 9.17) is 5.14 Å². The summed E-state index contributed by atoms with van der Waals surface area (Å²) in [6.45, 7) is 0.105. The molecule has 0 unspecified atom stereocenters. The maximum absolute atomic E-state index is 11.6. The van der Waals surface area contributed by atoms with Crippen molar-refractivity contribution in [1.82, 2.24) is 4.72 Å². The Labute approximate surface area is 127 Å². The first-order valence-electron chi connectivity index (χ1n) is 5.80. The molecule has 120 valence electrons. The molecule has 0 aliphatic rings. The molecule has 0 bridgehead atoms. The second-order valence-corrected chi connectivity index (χ2v) is 8.94. The van der Waals surface area contributed by atoms with E-state index in [1.165, 1.54) is 13.2 Å². The second-order valence-electron chi connectivity index (χ2n) is 4.06. The number of thiophene rings is 1. The van der Waals surface area contributed by atoms with Gasteiger partial charge in [0, 0.05) is 11.4 Å². The highest BCUT2D eigenvalue weighted by Gasteiger charge is 2.14. The molecule has 8 nitrogen and oxygen atoms in total. The van der Waals surface area contributed by atoms with Crippen molar-refractivity contribution in [3.8, 4) is 0 Å². The Balaban J connectivity index is 2.46. The van der Waals surface area contributed by atoms with Gasteiger partial charge >= 0.3 is 5.97 Å². The van der Waals surface area contributed by atoms with Gasteiger partial charge in [-0.25, -0.2) is 26.7 Å². The van der Waals surface area contributed by atoms with Crippen molar-refractivity contribution in [3.05, 3.63) is 17.0 Å². The zero-order valence-electron chi connectivity index (χ0n) is 11.2. The third-order valence-electron chi connectivity index (χ3n) is 2.41. The summed E-state index contributed by atoms with van der Waals surface area (Å²) < 4.78 is 52.0. The standard InChI is InChI=1S/C10H16N2O6S3/c1-18-9(13)5-7-20(14,15)12-6-4-8-2-3-10(19-8)21(11,16)17/h2-3,12H,4-7H2,1H3,(H2,11,16,17). The van der Waals surface area contributed by atoms with E-state index in [2.05, 4.69) is 9.46 Å². The van der Waals surface area contributed by atoms with E-state index in [9.17, 15) is 21.6 Å². The number of sulfonamides is 2. The van der Waals surface area contributed by atoms with Crippen LogP contribution in [0.4, 0.5) is 0 Å². The first-order valence-corrected chi connectivity index (χ1v) is 9.81. The zero-order chi connectivity index (χ0) is 16.1. The molecule has 0 saturated carbocycles. The number of ether oxygens (including phenoxy) is 1. The summed E-state index contributed by atoms with van der Waals surface area (Å²) in [6.07, 6.45) is 0.109. The Kier molecular flexibility index (Phi) is 6.28. The van der Waals surface area contributed by atoms with E-state index in [-0.39, 0.29) is 22.9 Å². The molecule has 1 aromatic heterocycles. The Morgan fingerprint density at radius 3 is 2.52 bits per heavy atom. The van der Waals surface area contributed by atoms with Crippen LogP contribution in [0.25, 0.3) is 0 Å². The Morgan fingerprint density at radius 1 is 1.33 bits per heavy atom. The number of primary sulfonamides is 1. The fourth-order valence-corrected chi connectivity index (χ4v) is 4.14. The van der Waals surface area contributed by atoms with E-state index in [1.54, 1.807) is 6.07 Å². The van der Waals surface area contributed by atoms with Crippen molar-refractivity contribution in [2.24, 2.45) is 5.14 Å². The number of rotatable bonds is 8. The summed E-state index contributed by atoms with van der Waals surface area (Å²) in [5.41, 5.74) is 0. The van der Waals surface area contributed by atoms with Gasteiger partial charge in [-0.3, -0.25) is 4.79 Å². The van der Waals surface area contributed by atoms with Crippen molar-refractivity contribution in [2.45, 2.75) is 17.1 Å². The minimum atomic E-state index is -3.73. The van der Waals surface area contributed by atoms with Crippen LogP contribution in [-0.2, 0) is 36.0 Å². The van der Waals surface area contributed by atoms with Crippen molar-refractivity contribution >= 4 is 37.4 Å². The molecule has 1 aromatic rings. The molecule has 0 aromatic carbocycles. The molecule has 1 heterocycles. The molecule has 1 rings (SSSR count). The summed E-state index contributed by atoms with van der Waals surface area (Å²) in [5.74, 6) is -0.955. The first-order chi connectivity index (χ1) is 9.64. The highest BCUT2D eigenvalue weighted by Crippen LogP contribution is 2.20. The lowest BCUT2D eigenvalue weighted by molar-refractivity contribution is -0.140. The van der Waals surface area contributed by atoms with Crippen LogP contribution in [0.3, 0.4) is 0 Å². The molecule has 0 aliphatic carbocycles. The lowest BCUT2D eigenvalue weighted by Crippen LogP contribution is -2.29. The zero-order valence-corrected chi connectivity index (χ0v) is 13.7. The molecule has 0 saturated heterocycles. The molecule has 0 aliphatic heterocycles. The van der Waals surface area contributed by atoms with Gasteiger partial charge in [-0.05, 0) is 18.6 Å². The van der Waals surface area contributed by atoms with Crippen LogP contribution < -0.4 is 9.86 Å². The maximum atomic E-state index is 11.6. The molecule has 21 heavy (non-hydrogen) atoms. The number of nitrogens with one attached hydrogen (secondary N) is 1. The fraction of sp³-hybridized carbons (Fsp3) is 0.500. The van der Waals surface area contributed by atoms with Crippen LogP contribution in [0.2, 0.25) is 0 Å². The van der Waals surface area contributed by atoms with Gasteiger partial charge in [0.2, 0.25) is 20.0 Å². The van der Waals surface area contributed by atoms with Gasteiger partial charge in [0.15, 0.2) is 0 Å². The number of carbonyl (C=O) groups excluding carboxylic acids is 1. The van der Waals surface area contributed by atoms with Crippen LogP contribution in [0.5, 0.6) is 0 Å². The van der Waals surface area contributed by atoms with Gasteiger partial charge in [-0.1, -0.05) is 0 Å². The van der Waals surface area contributed by atoms with E-state index in [0.29, 0.717) is 11.3 Å². The Hall–Kier alpha value is -1.01. The number of esters is 1. The van der Waals surface area contributed by atoms with Gasteiger partial charge in [0.25, 0.3) is 0 Å². The van der Waals surface area contributed by atoms with Crippen LogP contribution in [0.15, 0.2) is 16.3 Å². The number of methoxy groups -OCH3 is 1. The average molecular weight is 356 g/mol.